The average Bonchev–Trinajstić information content (AvgIpc) is 2.17. The predicted molar refractivity (Wildman–Crippen MR) is 66.7 cm³/mol. The molecule has 0 aliphatic carbocycles. The van der Waals surface area contributed by atoms with E-state index in [2.05, 4.69) is 0 Å². The van der Waals surface area contributed by atoms with Crippen molar-refractivity contribution in [2.24, 2.45) is 0 Å². The lowest BCUT2D eigenvalue weighted by Crippen LogP contribution is -2.27. The van der Waals surface area contributed by atoms with E-state index < -0.39 is 9.90 Å². The molecular formula is C10H8Cl4O2. The van der Waals surface area contributed by atoms with Crippen LogP contribution in [0.3, 0.4) is 0 Å². The molecule has 6 heteroatoms. The van der Waals surface area contributed by atoms with Gasteiger partial charge in [0.2, 0.25) is 3.79 Å². The van der Waals surface area contributed by atoms with Crippen molar-refractivity contribution in [1.29, 1.82) is 0 Å². The van der Waals surface area contributed by atoms with Crippen molar-refractivity contribution in [1.82, 2.24) is 0 Å². The van der Waals surface area contributed by atoms with Gasteiger partial charge in [-0.1, -0.05) is 46.4 Å². The van der Waals surface area contributed by atoms with Gasteiger partial charge in [-0.05, 0) is 24.3 Å². The first-order chi connectivity index (χ1) is 7.30. The van der Waals surface area contributed by atoms with Crippen molar-refractivity contribution >= 4 is 52.2 Å². The Morgan fingerprint density at radius 2 is 1.75 bits per heavy atom. The minimum Gasteiger partial charge on any atom is -0.388 e. The van der Waals surface area contributed by atoms with Crippen molar-refractivity contribution < 1.29 is 9.90 Å². The summed E-state index contributed by atoms with van der Waals surface area (Å²) in [4.78, 5) is 11.6. The number of benzene rings is 1. The lowest BCUT2D eigenvalue weighted by molar-refractivity contribution is 0.0885. The molecule has 0 amide bonds. The minimum atomic E-state index is -1.86. The number of aliphatic hydroxyl groups excluding tert-OH is 1. The summed E-state index contributed by atoms with van der Waals surface area (Å²) in [7, 11) is 0. The number of hydrogen-bond acceptors (Lipinski definition) is 2. The Labute approximate surface area is 113 Å². The summed E-state index contributed by atoms with van der Waals surface area (Å²) >= 11 is 22.0. The molecular weight excluding hydrogens is 294 g/mol. The van der Waals surface area contributed by atoms with Crippen LogP contribution in [0.25, 0.3) is 0 Å². The Morgan fingerprint density at radius 1 is 1.25 bits per heavy atom. The highest BCUT2D eigenvalue weighted by Gasteiger charge is 2.32. The second kappa shape index (κ2) is 5.56. The maximum atomic E-state index is 11.6. The fraction of sp³-hybridized carbons (Fsp3) is 0.300. The fourth-order valence-corrected chi connectivity index (χ4v) is 1.40. The molecule has 0 radical (unpaired) electrons. The maximum Gasteiger partial charge on any atom is 0.216 e. The molecule has 0 spiro atoms. The van der Waals surface area contributed by atoms with Gasteiger partial charge in [-0.25, -0.2) is 0 Å². The van der Waals surface area contributed by atoms with E-state index in [1.807, 2.05) is 0 Å². The van der Waals surface area contributed by atoms with Crippen LogP contribution in [-0.4, -0.2) is 20.8 Å². The van der Waals surface area contributed by atoms with Gasteiger partial charge < -0.3 is 5.11 Å². The van der Waals surface area contributed by atoms with Gasteiger partial charge in [0.1, 0.15) is 6.10 Å². The number of halogens is 4. The summed E-state index contributed by atoms with van der Waals surface area (Å²) in [6, 6.07) is 6.26. The molecule has 0 saturated heterocycles. The third-order valence-electron chi connectivity index (χ3n) is 1.92. The number of ketones is 1. The van der Waals surface area contributed by atoms with Crippen LogP contribution in [0.5, 0.6) is 0 Å². The Kier molecular flexibility index (Phi) is 4.89. The molecule has 0 bridgehead atoms. The first kappa shape index (κ1) is 14.1. The number of hydrogen-bond donors (Lipinski definition) is 1. The highest BCUT2D eigenvalue weighted by molar-refractivity contribution is 6.68. The number of aliphatic hydroxyl groups is 1. The highest BCUT2D eigenvalue weighted by atomic mass is 35.6. The number of carbonyl (C=O) groups is 1. The monoisotopic (exact) mass is 300 g/mol. The fourth-order valence-electron chi connectivity index (χ4n) is 1.04. The molecule has 1 N–H and O–H groups in total. The van der Waals surface area contributed by atoms with E-state index in [4.69, 9.17) is 46.4 Å². The molecule has 1 rings (SSSR count). The van der Waals surface area contributed by atoms with Crippen LogP contribution in [0, 0.1) is 0 Å². The van der Waals surface area contributed by atoms with Crippen LogP contribution in [0.1, 0.15) is 16.8 Å². The normalized spacial score (nSPS) is 13.6. The summed E-state index contributed by atoms with van der Waals surface area (Å²) < 4.78 is -1.86. The smallest absolute Gasteiger partial charge is 0.216 e. The maximum absolute atomic E-state index is 11.6. The summed E-state index contributed by atoms with van der Waals surface area (Å²) in [5.74, 6) is -0.310. The Hall–Kier alpha value is 0.01000. The van der Waals surface area contributed by atoms with Gasteiger partial charge in [-0.3, -0.25) is 4.79 Å². The molecule has 0 aromatic heterocycles. The van der Waals surface area contributed by atoms with Gasteiger partial charge in [0.25, 0.3) is 0 Å². The van der Waals surface area contributed by atoms with E-state index in [9.17, 15) is 9.90 Å². The van der Waals surface area contributed by atoms with E-state index >= 15 is 0 Å². The molecule has 0 heterocycles. The summed E-state index contributed by atoms with van der Waals surface area (Å²) in [5.41, 5.74) is 0.415. The lowest BCUT2D eigenvalue weighted by Gasteiger charge is -2.17. The largest absolute Gasteiger partial charge is 0.388 e. The van der Waals surface area contributed by atoms with Gasteiger partial charge >= 0.3 is 0 Å². The van der Waals surface area contributed by atoms with Gasteiger partial charge in [0.05, 0.1) is 0 Å². The van der Waals surface area contributed by atoms with Crippen molar-refractivity contribution in [3.05, 3.63) is 34.9 Å². The van der Waals surface area contributed by atoms with Crippen LogP contribution in [-0.2, 0) is 0 Å². The molecule has 0 fully saturated rings. The van der Waals surface area contributed by atoms with E-state index in [-0.39, 0.29) is 12.2 Å². The van der Waals surface area contributed by atoms with E-state index in [1.165, 1.54) is 0 Å². The standard InChI is InChI=1S/C10H8Cl4O2/c11-7-3-1-6(2-4-7)8(15)5-9(16)10(12,13)14/h1-4,9,16H,5H2. The SMILES string of the molecule is O=C(CC(O)C(Cl)(Cl)Cl)c1ccc(Cl)cc1. The van der Waals surface area contributed by atoms with Crippen LogP contribution < -0.4 is 0 Å². The van der Waals surface area contributed by atoms with E-state index in [0.29, 0.717) is 10.6 Å². The zero-order valence-electron chi connectivity index (χ0n) is 7.96. The quantitative estimate of drug-likeness (QED) is 0.683. The van der Waals surface area contributed by atoms with E-state index in [1.54, 1.807) is 24.3 Å². The molecule has 1 unspecified atom stereocenters. The zero-order valence-corrected chi connectivity index (χ0v) is 11.0. The van der Waals surface area contributed by atoms with Gasteiger partial charge in [0, 0.05) is 17.0 Å². The van der Waals surface area contributed by atoms with E-state index in [0.717, 1.165) is 0 Å². The molecule has 1 aromatic carbocycles. The molecule has 0 aliphatic heterocycles. The van der Waals surface area contributed by atoms with Crippen molar-refractivity contribution in [3.63, 3.8) is 0 Å². The summed E-state index contributed by atoms with van der Waals surface area (Å²) in [6.45, 7) is 0. The highest BCUT2D eigenvalue weighted by Crippen LogP contribution is 2.32. The Bertz CT molecular complexity index is 369. The van der Waals surface area contributed by atoms with Crippen molar-refractivity contribution in [3.8, 4) is 0 Å². The van der Waals surface area contributed by atoms with Crippen LogP contribution in [0.15, 0.2) is 24.3 Å². The number of carbonyl (C=O) groups excluding carboxylic acids is 1. The number of rotatable bonds is 3. The molecule has 1 atom stereocenters. The van der Waals surface area contributed by atoms with Crippen molar-refractivity contribution in [2.75, 3.05) is 0 Å². The first-order valence-corrected chi connectivity index (χ1v) is 5.85. The van der Waals surface area contributed by atoms with Crippen molar-refractivity contribution in [2.45, 2.75) is 16.3 Å². The molecule has 88 valence electrons. The number of alkyl halides is 3. The van der Waals surface area contributed by atoms with Crippen LogP contribution >= 0.6 is 46.4 Å². The average molecular weight is 302 g/mol. The molecule has 16 heavy (non-hydrogen) atoms. The van der Waals surface area contributed by atoms with Gasteiger partial charge in [-0.2, -0.15) is 0 Å². The Balaban J connectivity index is 2.70. The lowest BCUT2D eigenvalue weighted by atomic mass is 10.1. The number of Topliss-reactive ketones (excluding diaryl/α,β-unsaturated/α-hetero) is 1. The summed E-state index contributed by atoms with van der Waals surface area (Å²) in [5, 5.41) is 9.96. The third kappa shape index (κ3) is 4.11. The first-order valence-electron chi connectivity index (χ1n) is 4.34. The second-order valence-electron chi connectivity index (χ2n) is 3.19. The third-order valence-corrected chi connectivity index (χ3v) is 2.93. The summed E-state index contributed by atoms with van der Waals surface area (Å²) in [6.07, 6.45) is -1.58. The van der Waals surface area contributed by atoms with Gasteiger partial charge in [-0.15, -0.1) is 0 Å². The zero-order chi connectivity index (χ0) is 12.3. The minimum absolute atomic E-state index is 0.252. The topological polar surface area (TPSA) is 37.3 Å². The molecule has 0 aliphatic rings. The van der Waals surface area contributed by atoms with Crippen LogP contribution in [0.4, 0.5) is 0 Å². The van der Waals surface area contributed by atoms with Crippen LogP contribution in [0.2, 0.25) is 5.02 Å². The molecule has 2 nitrogen and oxygen atoms in total. The molecule has 1 aromatic rings. The predicted octanol–water partition coefficient (Wildman–Crippen LogP) is 3.64. The Morgan fingerprint density at radius 3 is 2.19 bits per heavy atom. The molecule has 0 saturated carbocycles. The van der Waals surface area contributed by atoms with Gasteiger partial charge in [0.15, 0.2) is 5.78 Å². The second-order valence-corrected chi connectivity index (χ2v) is 6.00.